The second-order valence-corrected chi connectivity index (χ2v) is 3.99. The van der Waals surface area contributed by atoms with Gasteiger partial charge in [-0.05, 0) is 18.6 Å². The van der Waals surface area contributed by atoms with E-state index < -0.39 is 5.97 Å². The fraction of sp³-hybridized carbons (Fsp3) is 0.500. The number of carbonyl (C=O) groups is 2. The number of carbonyl (C=O) groups excluding carboxylic acids is 1. The van der Waals surface area contributed by atoms with Crippen LogP contribution in [0.1, 0.15) is 31.9 Å². The predicted molar refractivity (Wildman–Crippen MR) is 65.0 cm³/mol. The van der Waals surface area contributed by atoms with Gasteiger partial charge in [0.15, 0.2) is 0 Å². The number of carboxylic acid groups (broad SMARTS) is 1. The number of furan rings is 1. The van der Waals surface area contributed by atoms with Crippen molar-refractivity contribution in [2.75, 3.05) is 0 Å². The number of amides is 2. The van der Waals surface area contributed by atoms with Gasteiger partial charge in [-0.1, -0.05) is 13.3 Å². The Hall–Kier alpha value is -1.98. The monoisotopic (exact) mass is 254 g/mol. The first-order valence-corrected chi connectivity index (χ1v) is 5.90. The largest absolute Gasteiger partial charge is 0.481 e. The van der Waals surface area contributed by atoms with Gasteiger partial charge in [0.25, 0.3) is 0 Å². The van der Waals surface area contributed by atoms with Crippen LogP contribution < -0.4 is 10.6 Å². The van der Waals surface area contributed by atoms with Crippen LogP contribution in [0.25, 0.3) is 0 Å². The topological polar surface area (TPSA) is 91.6 Å². The molecule has 0 aliphatic rings. The van der Waals surface area contributed by atoms with E-state index in [1.165, 1.54) is 6.26 Å². The quantitative estimate of drug-likeness (QED) is 0.691. The highest BCUT2D eigenvalue weighted by molar-refractivity contribution is 5.75. The molecule has 0 aliphatic heterocycles. The molecule has 0 spiro atoms. The predicted octanol–water partition coefficient (Wildman–Crippen LogP) is 1.72. The highest BCUT2D eigenvalue weighted by Crippen LogP contribution is 2.02. The standard InChI is InChI=1S/C12H18N2O4/c1-2-4-9(7-11(15)16)14-12(17)13-8-10-5-3-6-18-10/h3,5-6,9H,2,4,7-8H2,1H3,(H,15,16)(H2,13,14,17). The average Bonchev–Trinajstić information content (AvgIpc) is 2.78. The smallest absolute Gasteiger partial charge is 0.315 e. The summed E-state index contributed by atoms with van der Waals surface area (Å²) in [7, 11) is 0. The summed E-state index contributed by atoms with van der Waals surface area (Å²) in [5, 5.41) is 14.0. The van der Waals surface area contributed by atoms with E-state index >= 15 is 0 Å². The van der Waals surface area contributed by atoms with Crippen LogP contribution in [0.15, 0.2) is 22.8 Å². The van der Waals surface area contributed by atoms with Gasteiger partial charge in [0.2, 0.25) is 0 Å². The lowest BCUT2D eigenvalue weighted by Crippen LogP contribution is -2.42. The summed E-state index contributed by atoms with van der Waals surface area (Å²) in [6, 6.07) is 2.76. The zero-order chi connectivity index (χ0) is 13.4. The highest BCUT2D eigenvalue weighted by Gasteiger charge is 2.14. The second kappa shape index (κ2) is 7.37. The maximum absolute atomic E-state index is 11.5. The van der Waals surface area contributed by atoms with Crippen molar-refractivity contribution in [2.24, 2.45) is 0 Å². The van der Waals surface area contributed by atoms with Gasteiger partial charge in [0.1, 0.15) is 5.76 Å². The molecule has 3 N–H and O–H groups in total. The van der Waals surface area contributed by atoms with Crippen LogP contribution in [0.5, 0.6) is 0 Å². The first-order valence-electron chi connectivity index (χ1n) is 5.90. The van der Waals surface area contributed by atoms with Gasteiger partial charge in [0.05, 0.1) is 19.2 Å². The lowest BCUT2D eigenvalue weighted by Gasteiger charge is -2.16. The van der Waals surface area contributed by atoms with Crippen molar-refractivity contribution in [3.8, 4) is 0 Å². The minimum absolute atomic E-state index is 0.0674. The molecule has 1 aromatic rings. The molecule has 1 heterocycles. The zero-order valence-corrected chi connectivity index (χ0v) is 10.3. The Balaban J connectivity index is 2.33. The average molecular weight is 254 g/mol. The molecular weight excluding hydrogens is 236 g/mol. The van der Waals surface area contributed by atoms with Gasteiger partial charge in [-0.3, -0.25) is 4.79 Å². The third-order valence-corrected chi connectivity index (χ3v) is 2.40. The molecular formula is C12H18N2O4. The first-order chi connectivity index (χ1) is 8.61. The van der Waals surface area contributed by atoms with Crippen LogP contribution in [0, 0.1) is 0 Å². The number of hydrogen-bond donors (Lipinski definition) is 3. The van der Waals surface area contributed by atoms with Crippen molar-refractivity contribution in [1.82, 2.24) is 10.6 Å². The molecule has 18 heavy (non-hydrogen) atoms. The van der Waals surface area contributed by atoms with Crippen molar-refractivity contribution in [3.63, 3.8) is 0 Å². The van der Waals surface area contributed by atoms with Crippen LogP contribution in [-0.4, -0.2) is 23.1 Å². The second-order valence-electron chi connectivity index (χ2n) is 3.99. The van der Waals surface area contributed by atoms with Crippen LogP contribution in [0.3, 0.4) is 0 Å². The van der Waals surface area contributed by atoms with Crippen LogP contribution in [0.4, 0.5) is 4.79 Å². The lowest BCUT2D eigenvalue weighted by molar-refractivity contribution is -0.137. The molecule has 6 nitrogen and oxygen atoms in total. The molecule has 0 aromatic carbocycles. The zero-order valence-electron chi connectivity index (χ0n) is 10.3. The van der Waals surface area contributed by atoms with Gasteiger partial charge in [-0.25, -0.2) is 4.79 Å². The van der Waals surface area contributed by atoms with Gasteiger partial charge >= 0.3 is 12.0 Å². The van der Waals surface area contributed by atoms with E-state index in [0.717, 1.165) is 6.42 Å². The summed E-state index contributed by atoms with van der Waals surface area (Å²) in [6.07, 6.45) is 2.91. The first kappa shape index (κ1) is 14.1. The van der Waals surface area contributed by atoms with E-state index in [2.05, 4.69) is 10.6 Å². The van der Waals surface area contributed by atoms with E-state index in [-0.39, 0.29) is 25.0 Å². The van der Waals surface area contributed by atoms with Gasteiger partial charge in [0, 0.05) is 6.04 Å². The SMILES string of the molecule is CCCC(CC(=O)O)NC(=O)NCc1ccco1. The van der Waals surface area contributed by atoms with E-state index in [0.29, 0.717) is 12.2 Å². The summed E-state index contributed by atoms with van der Waals surface area (Å²) < 4.78 is 5.06. The highest BCUT2D eigenvalue weighted by atomic mass is 16.4. The van der Waals surface area contributed by atoms with Crippen molar-refractivity contribution in [2.45, 2.75) is 38.8 Å². The Morgan fingerprint density at radius 1 is 1.50 bits per heavy atom. The van der Waals surface area contributed by atoms with Crippen LogP contribution in [0.2, 0.25) is 0 Å². The van der Waals surface area contributed by atoms with Crippen molar-refractivity contribution >= 4 is 12.0 Å². The van der Waals surface area contributed by atoms with E-state index in [1.807, 2.05) is 6.92 Å². The van der Waals surface area contributed by atoms with Crippen molar-refractivity contribution in [3.05, 3.63) is 24.2 Å². The fourth-order valence-electron chi connectivity index (χ4n) is 1.60. The molecule has 6 heteroatoms. The van der Waals surface area contributed by atoms with E-state index in [9.17, 15) is 9.59 Å². The summed E-state index contributed by atoms with van der Waals surface area (Å²) >= 11 is 0. The van der Waals surface area contributed by atoms with Crippen molar-refractivity contribution in [1.29, 1.82) is 0 Å². The van der Waals surface area contributed by atoms with E-state index in [1.54, 1.807) is 12.1 Å². The normalized spacial score (nSPS) is 11.8. The van der Waals surface area contributed by atoms with Gasteiger partial charge in [-0.15, -0.1) is 0 Å². The summed E-state index contributed by atoms with van der Waals surface area (Å²) in [5.41, 5.74) is 0. The van der Waals surface area contributed by atoms with Gasteiger partial charge in [-0.2, -0.15) is 0 Å². The van der Waals surface area contributed by atoms with Gasteiger partial charge < -0.3 is 20.2 Å². The Morgan fingerprint density at radius 3 is 2.83 bits per heavy atom. The molecule has 0 radical (unpaired) electrons. The molecule has 1 rings (SSSR count). The maximum Gasteiger partial charge on any atom is 0.315 e. The summed E-state index contributed by atoms with van der Waals surface area (Å²) in [6.45, 7) is 2.22. The Labute approximate surface area is 105 Å². The van der Waals surface area contributed by atoms with Crippen LogP contribution >= 0.6 is 0 Å². The third-order valence-electron chi connectivity index (χ3n) is 2.40. The Kier molecular flexibility index (Phi) is 5.76. The minimum Gasteiger partial charge on any atom is -0.481 e. The number of carboxylic acids is 1. The molecule has 0 aliphatic carbocycles. The molecule has 100 valence electrons. The Morgan fingerprint density at radius 2 is 2.28 bits per heavy atom. The minimum atomic E-state index is -0.917. The number of hydrogen-bond acceptors (Lipinski definition) is 3. The number of nitrogens with one attached hydrogen (secondary N) is 2. The number of rotatable bonds is 7. The Bertz CT molecular complexity index is 375. The van der Waals surface area contributed by atoms with Crippen molar-refractivity contribution < 1.29 is 19.1 Å². The molecule has 0 bridgehead atoms. The number of urea groups is 1. The van der Waals surface area contributed by atoms with E-state index in [4.69, 9.17) is 9.52 Å². The molecule has 1 unspecified atom stereocenters. The molecule has 0 saturated heterocycles. The molecule has 1 aromatic heterocycles. The van der Waals surface area contributed by atoms with Crippen LogP contribution in [-0.2, 0) is 11.3 Å². The molecule has 1 atom stereocenters. The summed E-state index contributed by atoms with van der Waals surface area (Å²) in [4.78, 5) is 22.2. The summed E-state index contributed by atoms with van der Waals surface area (Å²) in [5.74, 6) is -0.268. The fourth-order valence-corrected chi connectivity index (χ4v) is 1.60. The maximum atomic E-state index is 11.5. The molecule has 0 saturated carbocycles. The molecule has 0 fully saturated rings. The molecule has 2 amide bonds. The lowest BCUT2D eigenvalue weighted by atomic mass is 10.1. The number of aliphatic carboxylic acids is 1. The third kappa shape index (κ3) is 5.38.